The van der Waals surface area contributed by atoms with Gasteiger partial charge in [-0.15, -0.1) is 11.3 Å². The second kappa shape index (κ2) is 22.2. The Bertz CT molecular complexity index is 6570. The lowest BCUT2D eigenvalue weighted by molar-refractivity contribution is 0.619. The molecule has 0 atom stereocenters. The first-order chi connectivity index (χ1) is 49.6. The fourth-order valence-corrected chi connectivity index (χ4v) is 17.0. The van der Waals surface area contributed by atoms with Crippen LogP contribution in [0.2, 0.25) is 0 Å². The van der Waals surface area contributed by atoms with Crippen molar-refractivity contribution in [3.63, 3.8) is 0 Å². The normalized spacial score (nSPS) is 12.0. The van der Waals surface area contributed by atoms with Gasteiger partial charge in [-0.2, -0.15) is 0 Å². The molecule has 0 bridgehead atoms. The Hall–Kier alpha value is -13.1. The van der Waals surface area contributed by atoms with Crippen molar-refractivity contribution in [3.8, 4) is 89.3 Å². The topological polar surface area (TPSA) is 58.6 Å². The van der Waals surface area contributed by atoms with Crippen molar-refractivity contribution in [2.45, 2.75) is 0 Å². The van der Waals surface area contributed by atoms with Crippen LogP contribution >= 0.6 is 11.3 Å². The zero-order valence-corrected chi connectivity index (χ0v) is 54.6. The van der Waals surface area contributed by atoms with Gasteiger partial charge in [0.15, 0.2) is 5.58 Å². The molecule has 0 amide bonds. The van der Waals surface area contributed by atoms with Gasteiger partial charge in [0, 0.05) is 43.1 Å². The van der Waals surface area contributed by atoms with Gasteiger partial charge in [0.1, 0.15) is 10.5 Å². The van der Waals surface area contributed by atoms with Gasteiger partial charge < -0.3 is 22.7 Å². The highest BCUT2D eigenvalue weighted by Crippen LogP contribution is 2.56. The van der Waals surface area contributed by atoms with E-state index >= 15 is 0 Å². The van der Waals surface area contributed by atoms with Gasteiger partial charge in [-0.05, 0) is 142 Å². The average molecular weight is 1290 g/mol. The zero-order valence-electron chi connectivity index (χ0n) is 53.8. The van der Waals surface area contributed by atoms with E-state index in [-0.39, 0.29) is 0 Å². The summed E-state index contributed by atoms with van der Waals surface area (Å²) in [7, 11) is 0. The van der Waals surface area contributed by atoms with E-state index < -0.39 is 0 Å². The van der Waals surface area contributed by atoms with Crippen molar-refractivity contribution in [3.05, 3.63) is 340 Å². The third kappa shape index (κ3) is 8.51. The number of aromatic nitrogens is 6. The van der Waals surface area contributed by atoms with E-state index in [1.165, 1.54) is 0 Å². The van der Waals surface area contributed by atoms with Crippen LogP contribution in [0.3, 0.4) is 0 Å². The number of para-hydroxylation sites is 7. The van der Waals surface area contributed by atoms with E-state index in [1.807, 2.05) is 12.1 Å². The summed E-state index contributed by atoms with van der Waals surface area (Å²) in [5.74, 6) is 0.460. The Balaban J connectivity index is 1.07. The van der Waals surface area contributed by atoms with Crippen LogP contribution in [0.1, 0.15) is 0 Å². The van der Waals surface area contributed by atoms with Crippen molar-refractivity contribution < 1.29 is 4.42 Å². The lowest BCUT2D eigenvalue weighted by Gasteiger charge is -2.29. The maximum absolute atomic E-state index is 7.65. The molecule has 6 aromatic heterocycles. The standard InChI is InChI=1S/C92H56N6OS/c1-5-25-57(26-6-1)61-45-49-79-69(53-61)65-33-13-19-39-75(65)95(79)87-85(91-93-73-37-17-23-43-83(73)99-91)88(96-76-40-20-14-34-66(76)70-54-62(46-50-80(70)96)58-27-7-2-8-28-58)90(98-78-42-22-16-36-68(78)72-56-64(48-52-82(72)98)60-31-11-4-12-32-60)89(86(87)92-94-74-38-18-24-44-84(74)100-92)97-77-41-21-15-35-67(77)71-55-63(47-51-81(71)97)59-29-9-3-10-30-59/h1-56H. The molecule has 21 rings (SSSR count). The minimum Gasteiger partial charge on any atom is -0.436 e. The summed E-state index contributed by atoms with van der Waals surface area (Å²) >= 11 is 1.72. The zero-order chi connectivity index (χ0) is 65.5. The van der Waals surface area contributed by atoms with Crippen LogP contribution in [0.5, 0.6) is 0 Å². The lowest BCUT2D eigenvalue weighted by atomic mass is 9.96. The molecule has 466 valence electrons. The molecule has 0 radical (unpaired) electrons. The predicted octanol–water partition coefficient (Wildman–Crippen LogP) is 24.8. The number of fused-ring (bicyclic) bond motifs is 14. The molecule has 0 unspecified atom stereocenters. The predicted molar refractivity (Wildman–Crippen MR) is 417 cm³/mol. The highest BCUT2D eigenvalue weighted by molar-refractivity contribution is 7.21. The third-order valence-corrected chi connectivity index (χ3v) is 21.5. The number of hydrogen-bond acceptors (Lipinski definition) is 4. The van der Waals surface area contributed by atoms with Crippen LogP contribution in [0, 0.1) is 0 Å². The molecule has 15 aromatic carbocycles. The van der Waals surface area contributed by atoms with Crippen LogP contribution < -0.4 is 0 Å². The quantitative estimate of drug-likeness (QED) is 0.137. The lowest BCUT2D eigenvalue weighted by Crippen LogP contribution is -2.16. The summed E-state index contributed by atoms with van der Waals surface area (Å²) in [4.78, 5) is 11.8. The Morgan fingerprint density at radius 2 is 0.550 bits per heavy atom. The molecule has 7 nitrogen and oxygen atoms in total. The van der Waals surface area contributed by atoms with Gasteiger partial charge in [-0.3, -0.25) is 0 Å². The molecule has 0 spiro atoms. The van der Waals surface area contributed by atoms with E-state index in [4.69, 9.17) is 14.4 Å². The Morgan fingerprint density at radius 3 is 0.950 bits per heavy atom. The van der Waals surface area contributed by atoms with Crippen LogP contribution in [0.25, 0.3) is 198 Å². The summed E-state index contributed by atoms with van der Waals surface area (Å²) in [6.07, 6.45) is 0. The van der Waals surface area contributed by atoms with Gasteiger partial charge in [0.05, 0.1) is 88.2 Å². The molecule has 8 heteroatoms. The summed E-state index contributed by atoms with van der Waals surface area (Å²) in [6, 6.07) is 124. The van der Waals surface area contributed by atoms with Crippen LogP contribution in [0.15, 0.2) is 344 Å². The van der Waals surface area contributed by atoms with Crippen molar-refractivity contribution in [1.29, 1.82) is 0 Å². The van der Waals surface area contributed by atoms with Crippen molar-refractivity contribution >= 4 is 120 Å². The van der Waals surface area contributed by atoms with Gasteiger partial charge in [0.2, 0.25) is 5.89 Å². The molecule has 6 heterocycles. The number of rotatable bonds is 10. The fraction of sp³-hybridized carbons (Fsp3) is 0. The second-order valence-electron chi connectivity index (χ2n) is 25.9. The first-order valence-electron chi connectivity index (χ1n) is 34.0. The van der Waals surface area contributed by atoms with E-state index in [0.717, 1.165) is 186 Å². The second-order valence-corrected chi connectivity index (χ2v) is 27.0. The van der Waals surface area contributed by atoms with E-state index in [2.05, 4.69) is 346 Å². The number of oxazole rings is 1. The maximum Gasteiger partial charge on any atom is 0.231 e. The summed E-state index contributed by atoms with van der Waals surface area (Å²) in [6.45, 7) is 0. The van der Waals surface area contributed by atoms with Gasteiger partial charge in [-0.25, -0.2) is 9.97 Å². The monoisotopic (exact) mass is 1290 g/mol. The third-order valence-electron chi connectivity index (χ3n) is 20.4. The van der Waals surface area contributed by atoms with Crippen molar-refractivity contribution in [2.24, 2.45) is 0 Å². The molecule has 0 aliphatic rings. The molecule has 0 aliphatic carbocycles. The van der Waals surface area contributed by atoms with Crippen LogP contribution in [-0.2, 0) is 0 Å². The van der Waals surface area contributed by atoms with Crippen molar-refractivity contribution in [2.75, 3.05) is 0 Å². The Morgan fingerprint density at radius 1 is 0.230 bits per heavy atom. The highest BCUT2D eigenvalue weighted by Gasteiger charge is 2.38. The Labute approximate surface area is 577 Å². The van der Waals surface area contributed by atoms with Gasteiger partial charge in [0.25, 0.3) is 0 Å². The molecular weight excluding hydrogens is 1240 g/mol. The molecule has 0 saturated heterocycles. The smallest absolute Gasteiger partial charge is 0.231 e. The highest BCUT2D eigenvalue weighted by atomic mass is 32.1. The Kier molecular flexibility index (Phi) is 12.5. The first kappa shape index (κ1) is 56.1. The number of nitrogens with zero attached hydrogens (tertiary/aromatic N) is 6. The summed E-state index contributed by atoms with van der Waals surface area (Å²) in [5, 5.41) is 9.72. The number of benzene rings is 15. The largest absolute Gasteiger partial charge is 0.436 e. The maximum atomic E-state index is 7.65. The van der Waals surface area contributed by atoms with E-state index in [9.17, 15) is 0 Å². The van der Waals surface area contributed by atoms with E-state index in [1.54, 1.807) is 11.3 Å². The molecule has 0 fully saturated rings. The molecule has 100 heavy (non-hydrogen) atoms. The van der Waals surface area contributed by atoms with E-state index in [0.29, 0.717) is 11.5 Å². The minimum absolute atomic E-state index is 0.460. The van der Waals surface area contributed by atoms with Gasteiger partial charge >= 0.3 is 0 Å². The molecular formula is C92H56N6OS. The number of hydrogen-bond donors (Lipinski definition) is 0. The summed E-state index contributed by atoms with van der Waals surface area (Å²) < 4.78 is 19.0. The van der Waals surface area contributed by atoms with Gasteiger partial charge in [-0.1, -0.05) is 243 Å². The average Bonchev–Trinajstić information content (AvgIpc) is 1.46. The van der Waals surface area contributed by atoms with Crippen LogP contribution in [-0.4, -0.2) is 28.2 Å². The molecule has 0 saturated carbocycles. The SMILES string of the molecule is c1ccc(-c2ccc3c(c2)c2ccccc2n3-c2c(-c3nc4ccccc4o3)c(-n3c4ccccc4c4cc(-c5ccccc5)ccc43)c(-n3c4ccccc4c4cc(-c5ccccc5)ccc43)c(-n3c4ccccc4c4cc(-c5ccccc5)ccc43)c2-c2nc3ccccc3s2)cc1. The fourth-order valence-electron chi connectivity index (χ4n) is 16.0. The molecule has 0 N–H and O–H groups in total. The van der Waals surface area contributed by atoms with Crippen LogP contribution in [0.4, 0.5) is 0 Å². The van der Waals surface area contributed by atoms with Crippen molar-refractivity contribution in [1.82, 2.24) is 28.2 Å². The molecule has 0 aliphatic heterocycles. The number of thiazole rings is 1. The summed E-state index contributed by atoms with van der Waals surface area (Å²) in [5.41, 5.74) is 24.8. The first-order valence-corrected chi connectivity index (χ1v) is 34.8. The molecule has 21 aromatic rings. The minimum atomic E-state index is 0.460.